The van der Waals surface area contributed by atoms with Crippen LogP contribution < -0.4 is 5.32 Å². The van der Waals surface area contributed by atoms with Crippen LogP contribution in [0.2, 0.25) is 0 Å². The van der Waals surface area contributed by atoms with E-state index < -0.39 is 0 Å². The van der Waals surface area contributed by atoms with Crippen molar-refractivity contribution in [3.05, 3.63) is 0 Å². The number of hydrogen-bond acceptors (Lipinski definition) is 3. The van der Waals surface area contributed by atoms with Gasteiger partial charge in [0.15, 0.2) is 0 Å². The molecule has 0 amide bonds. The minimum atomic E-state index is 0.633. The first-order valence-corrected chi connectivity index (χ1v) is 6.60. The first-order chi connectivity index (χ1) is 7.67. The van der Waals surface area contributed by atoms with Crippen molar-refractivity contribution in [2.75, 3.05) is 40.4 Å². The summed E-state index contributed by atoms with van der Waals surface area (Å²) in [5.74, 6) is 1.44. The van der Waals surface area contributed by atoms with E-state index in [-0.39, 0.29) is 0 Å². The molecule has 1 heterocycles. The summed E-state index contributed by atoms with van der Waals surface area (Å²) in [6.07, 6.45) is 2.42. The van der Waals surface area contributed by atoms with Crippen LogP contribution in [-0.2, 0) is 4.74 Å². The molecule has 0 aliphatic carbocycles. The van der Waals surface area contributed by atoms with Gasteiger partial charge >= 0.3 is 0 Å². The van der Waals surface area contributed by atoms with E-state index in [1.807, 2.05) is 0 Å². The van der Waals surface area contributed by atoms with E-state index in [0.717, 1.165) is 32.1 Å². The topological polar surface area (TPSA) is 24.5 Å². The number of rotatable bonds is 6. The second kappa shape index (κ2) is 7.25. The van der Waals surface area contributed by atoms with Gasteiger partial charge in [-0.15, -0.1) is 0 Å². The molecule has 1 saturated heterocycles. The minimum Gasteiger partial charge on any atom is -0.381 e. The average molecular weight is 228 g/mol. The highest BCUT2D eigenvalue weighted by Crippen LogP contribution is 2.16. The van der Waals surface area contributed by atoms with Gasteiger partial charge < -0.3 is 15.0 Å². The van der Waals surface area contributed by atoms with Crippen molar-refractivity contribution >= 4 is 0 Å². The van der Waals surface area contributed by atoms with Crippen molar-refractivity contribution in [1.82, 2.24) is 10.2 Å². The van der Waals surface area contributed by atoms with Crippen LogP contribution in [0, 0.1) is 11.8 Å². The average Bonchev–Trinajstić information content (AvgIpc) is 2.29. The van der Waals surface area contributed by atoms with Crippen LogP contribution in [0.4, 0.5) is 0 Å². The fourth-order valence-electron chi connectivity index (χ4n) is 2.49. The third kappa shape index (κ3) is 4.40. The maximum atomic E-state index is 5.58. The molecule has 0 spiro atoms. The minimum absolute atomic E-state index is 0.633. The van der Waals surface area contributed by atoms with Crippen molar-refractivity contribution in [3.63, 3.8) is 0 Å². The molecule has 96 valence electrons. The molecule has 3 unspecified atom stereocenters. The quantitative estimate of drug-likeness (QED) is 0.747. The highest BCUT2D eigenvalue weighted by atomic mass is 16.5. The number of nitrogens with zero attached hydrogens (tertiary/aromatic N) is 1. The van der Waals surface area contributed by atoms with Gasteiger partial charge in [-0.1, -0.05) is 20.3 Å². The first kappa shape index (κ1) is 13.9. The van der Waals surface area contributed by atoms with Gasteiger partial charge in [-0.2, -0.15) is 0 Å². The Hall–Kier alpha value is -0.120. The van der Waals surface area contributed by atoms with Crippen LogP contribution in [-0.4, -0.2) is 51.3 Å². The Kier molecular flexibility index (Phi) is 6.32. The van der Waals surface area contributed by atoms with E-state index in [2.05, 4.69) is 38.2 Å². The molecule has 16 heavy (non-hydrogen) atoms. The Balaban J connectivity index is 2.32. The van der Waals surface area contributed by atoms with Crippen molar-refractivity contribution < 1.29 is 4.74 Å². The monoisotopic (exact) mass is 228 g/mol. The van der Waals surface area contributed by atoms with Gasteiger partial charge in [0, 0.05) is 31.7 Å². The van der Waals surface area contributed by atoms with Gasteiger partial charge in [-0.05, 0) is 26.4 Å². The van der Waals surface area contributed by atoms with Gasteiger partial charge in [0.2, 0.25) is 0 Å². The van der Waals surface area contributed by atoms with Gasteiger partial charge in [0.05, 0.1) is 6.61 Å². The second-order valence-electron chi connectivity index (χ2n) is 5.25. The lowest BCUT2D eigenvalue weighted by Gasteiger charge is -2.34. The SMILES string of the molecule is CCC(C)CN(C)CC1COCCC1NC. The van der Waals surface area contributed by atoms with Crippen molar-refractivity contribution in [3.8, 4) is 0 Å². The largest absolute Gasteiger partial charge is 0.381 e. The molecule has 1 N–H and O–H groups in total. The van der Waals surface area contributed by atoms with E-state index in [1.54, 1.807) is 0 Å². The zero-order valence-corrected chi connectivity index (χ0v) is 11.3. The lowest BCUT2D eigenvalue weighted by molar-refractivity contribution is 0.0202. The summed E-state index contributed by atoms with van der Waals surface area (Å²) in [5.41, 5.74) is 0. The Bertz CT molecular complexity index is 187. The predicted molar refractivity (Wildman–Crippen MR) is 68.7 cm³/mol. The van der Waals surface area contributed by atoms with Gasteiger partial charge in [0.25, 0.3) is 0 Å². The Labute approximate surface area is 101 Å². The molecule has 3 atom stereocenters. The van der Waals surface area contributed by atoms with Gasteiger partial charge in [-0.3, -0.25) is 0 Å². The highest BCUT2D eigenvalue weighted by Gasteiger charge is 2.25. The van der Waals surface area contributed by atoms with E-state index in [9.17, 15) is 0 Å². The number of ether oxygens (including phenoxy) is 1. The summed E-state index contributed by atoms with van der Waals surface area (Å²) in [7, 11) is 4.30. The lowest BCUT2D eigenvalue weighted by atomic mass is 9.95. The summed E-state index contributed by atoms with van der Waals surface area (Å²) < 4.78 is 5.58. The van der Waals surface area contributed by atoms with Crippen LogP contribution in [0.25, 0.3) is 0 Å². The fraction of sp³-hybridized carbons (Fsp3) is 1.00. The summed E-state index contributed by atoms with van der Waals surface area (Å²) >= 11 is 0. The molecule has 1 aliphatic rings. The molecular weight excluding hydrogens is 200 g/mol. The summed E-state index contributed by atoms with van der Waals surface area (Å²) in [4.78, 5) is 2.46. The van der Waals surface area contributed by atoms with Crippen molar-refractivity contribution in [2.24, 2.45) is 11.8 Å². The molecule has 0 saturated carbocycles. The molecule has 0 radical (unpaired) electrons. The molecule has 0 aromatic rings. The maximum absolute atomic E-state index is 5.58. The molecule has 1 aliphatic heterocycles. The highest BCUT2D eigenvalue weighted by molar-refractivity contribution is 4.80. The Morgan fingerprint density at radius 2 is 2.25 bits per heavy atom. The standard InChI is InChI=1S/C13H28N2O/c1-5-11(2)8-15(4)9-12-10-16-7-6-13(12)14-3/h11-14H,5-10H2,1-4H3. The predicted octanol–water partition coefficient (Wildman–Crippen LogP) is 1.59. The molecule has 0 bridgehead atoms. The Morgan fingerprint density at radius 1 is 1.50 bits per heavy atom. The number of hydrogen-bond donors (Lipinski definition) is 1. The van der Waals surface area contributed by atoms with Gasteiger partial charge in [-0.25, -0.2) is 0 Å². The normalized spacial score (nSPS) is 28.3. The fourth-order valence-corrected chi connectivity index (χ4v) is 2.49. The smallest absolute Gasteiger partial charge is 0.0521 e. The van der Waals surface area contributed by atoms with Crippen molar-refractivity contribution in [1.29, 1.82) is 0 Å². The van der Waals surface area contributed by atoms with Crippen LogP contribution in [0.5, 0.6) is 0 Å². The molecule has 0 aromatic carbocycles. The third-order valence-corrected chi connectivity index (χ3v) is 3.71. The van der Waals surface area contributed by atoms with E-state index in [0.29, 0.717) is 12.0 Å². The molecule has 3 nitrogen and oxygen atoms in total. The number of nitrogens with one attached hydrogen (secondary N) is 1. The zero-order valence-electron chi connectivity index (χ0n) is 11.3. The lowest BCUT2D eigenvalue weighted by Crippen LogP contribution is -2.46. The summed E-state index contributed by atoms with van der Waals surface area (Å²) in [5, 5.41) is 3.42. The van der Waals surface area contributed by atoms with E-state index in [4.69, 9.17) is 4.74 Å². The van der Waals surface area contributed by atoms with Crippen LogP contribution in [0.1, 0.15) is 26.7 Å². The molecule has 1 rings (SSSR count). The van der Waals surface area contributed by atoms with Crippen LogP contribution >= 0.6 is 0 Å². The van der Waals surface area contributed by atoms with Crippen molar-refractivity contribution in [2.45, 2.75) is 32.7 Å². The Morgan fingerprint density at radius 3 is 2.88 bits per heavy atom. The molecule has 0 aromatic heterocycles. The van der Waals surface area contributed by atoms with E-state index >= 15 is 0 Å². The van der Waals surface area contributed by atoms with Gasteiger partial charge in [0.1, 0.15) is 0 Å². The molecule has 3 heteroatoms. The zero-order chi connectivity index (χ0) is 12.0. The summed E-state index contributed by atoms with van der Waals surface area (Å²) in [6.45, 7) is 8.76. The first-order valence-electron chi connectivity index (χ1n) is 6.60. The second-order valence-corrected chi connectivity index (χ2v) is 5.25. The summed E-state index contributed by atoms with van der Waals surface area (Å²) in [6, 6.07) is 0.633. The maximum Gasteiger partial charge on any atom is 0.0521 e. The third-order valence-electron chi connectivity index (χ3n) is 3.71. The van der Waals surface area contributed by atoms with E-state index in [1.165, 1.54) is 13.0 Å². The van der Waals surface area contributed by atoms with Crippen LogP contribution in [0.3, 0.4) is 0 Å². The molecule has 1 fully saturated rings. The van der Waals surface area contributed by atoms with Crippen LogP contribution in [0.15, 0.2) is 0 Å². The molecular formula is C13H28N2O.